The summed E-state index contributed by atoms with van der Waals surface area (Å²) in [5.41, 5.74) is 13.2. The average molecular weight is 1070 g/mol. The van der Waals surface area contributed by atoms with Crippen molar-refractivity contribution in [3.63, 3.8) is 0 Å². The van der Waals surface area contributed by atoms with Gasteiger partial charge in [0.1, 0.15) is 17.2 Å². The van der Waals surface area contributed by atoms with E-state index in [1.807, 2.05) is 0 Å². The van der Waals surface area contributed by atoms with Gasteiger partial charge in [-0.2, -0.15) is 0 Å². The zero-order valence-corrected chi connectivity index (χ0v) is 47.2. The van der Waals surface area contributed by atoms with E-state index in [1.54, 1.807) is 21.3 Å². The quantitative estimate of drug-likeness (QED) is 0.0447. The molecule has 0 bridgehead atoms. The molecule has 3 atom stereocenters. The van der Waals surface area contributed by atoms with Crippen molar-refractivity contribution in [2.75, 3.05) is 21.3 Å². The average Bonchev–Trinajstić information content (AvgIpc) is 3.38. The van der Waals surface area contributed by atoms with Gasteiger partial charge in [-0.1, -0.05) is 223 Å². The van der Waals surface area contributed by atoms with E-state index in [0.29, 0.717) is 17.8 Å². The van der Waals surface area contributed by atoms with Gasteiger partial charge in [-0.3, -0.25) is 0 Å². The van der Waals surface area contributed by atoms with Crippen LogP contribution in [0.4, 0.5) is 0 Å². The Kier molecular flexibility index (Phi) is 24.4. The Morgan fingerprint density at radius 1 is 0.371 bits per heavy atom. The Labute approximate surface area is 441 Å². The van der Waals surface area contributed by atoms with Crippen molar-refractivity contribution < 1.29 is 14.2 Å². The first kappa shape index (κ1) is 56.3. The lowest BCUT2D eigenvalue weighted by Crippen LogP contribution is -2.06. The van der Waals surface area contributed by atoms with Crippen LogP contribution in [-0.2, 0) is 19.3 Å². The topological polar surface area (TPSA) is 27.7 Å². The summed E-state index contributed by atoms with van der Waals surface area (Å²) in [6.45, 7) is 13.9. The fourth-order valence-electron chi connectivity index (χ4n) is 9.54. The maximum Gasteiger partial charge on any atom is 0.126 e. The second kappa shape index (κ2) is 30.3. The van der Waals surface area contributed by atoms with Crippen LogP contribution in [0.1, 0.15) is 180 Å². The van der Waals surface area contributed by atoms with E-state index in [9.17, 15) is 0 Å². The van der Waals surface area contributed by atoms with Crippen molar-refractivity contribution >= 4 is 80.5 Å². The maximum atomic E-state index is 6.24. The molecule has 5 rings (SSSR count). The van der Waals surface area contributed by atoms with E-state index in [2.05, 4.69) is 207 Å². The van der Waals surface area contributed by atoms with Crippen LogP contribution in [0.15, 0.2) is 93.9 Å². The van der Waals surface area contributed by atoms with Gasteiger partial charge in [0, 0.05) is 25.6 Å². The van der Waals surface area contributed by atoms with Crippen molar-refractivity contribution in [3.05, 3.63) is 155 Å². The Hall–Kier alpha value is -4.58. The molecule has 5 aromatic carbocycles. The van der Waals surface area contributed by atoms with Crippen LogP contribution in [0.3, 0.4) is 0 Å². The highest BCUT2D eigenvalue weighted by atomic mass is 79.9. The maximum absolute atomic E-state index is 6.24. The molecule has 3 unspecified atom stereocenters. The summed E-state index contributed by atoms with van der Waals surface area (Å²) >= 11 is 7.18. The molecule has 70 heavy (non-hydrogen) atoms. The molecule has 0 saturated heterocycles. The minimum atomic E-state index is 0.587. The Morgan fingerprint density at radius 2 is 0.643 bits per heavy atom. The summed E-state index contributed by atoms with van der Waals surface area (Å²) in [5.74, 6) is 4.42. The van der Waals surface area contributed by atoms with Crippen LogP contribution in [-0.4, -0.2) is 21.3 Å². The summed E-state index contributed by atoms with van der Waals surface area (Å²) in [4.78, 5) is 0. The zero-order chi connectivity index (χ0) is 50.3. The van der Waals surface area contributed by atoms with Gasteiger partial charge in [-0.15, -0.1) is 0 Å². The molecule has 3 nitrogen and oxygen atoms in total. The molecule has 0 aromatic heterocycles. The third kappa shape index (κ3) is 17.3. The predicted octanol–water partition coefficient (Wildman–Crippen LogP) is 20.2. The van der Waals surface area contributed by atoms with Crippen molar-refractivity contribution in [1.82, 2.24) is 0 Å². The monoisotopic (exact) mass is 1070 g/mol. The van der Waals surface area contributed by atoms with Gasteiger partial charge in [0.05, 0.1) is 21.3 Å². The lowest BCUT2D eigenvalue weighted by atomic mass is 9.87. The standard InChI is InChI=1S/C65H82Br2O3/c1-10-16-19-47(13-4)38-58-41-55(63(68-7)44-52(58)28-22-50-24-34-61(66)35-25-50)31-30-54-46-65(70-9)57(43-60(54)40-49(15-6)21-18-12-3)33-32-56-42-59(39-48(14-5)20-17-11-2)53(45-64(56)69-8)29-23-51-26-36-62(67)37-27-51/h22-37,41-49H,10-21,38-40H2,1-9H3/b28-22+,29-23+,31-30+,33-32+. The molecule has 0 aliphatic rings. The van der Waals surface area contributed by atoms with Gasteiger partial charge in [0.25, 0.3) is 0 Å². The molecule has 374 valence electrons. The van der Waals surface area contributed by atoms with Gasteiger partial charge in [-0.05, 0) is 142 Å². The normalized spacial score (nSPS) is 13.2. The number of benzene rings is 5. The second-order valence-electron chi connectivity index (χ2n) is 19.2. The van der Waals surface area contributed by atoms with Gasteiger partial charge < -0.3 is 14.2 Å². The molecule has 0 saturated carbocycles. The predicted molar refractivity (Wildman–Crippen MR) is 314 cm³/mol. The van der Waals surface area contributed by atoms with Crippen LogP contribution < -0.4 is 14.2 Å². The highest BCUT2D eigenvalue weighted by molar-refractivity contribution is 9.10. The van der Waals surface area contributed by atoms with Crippen LogP contribution >= 0.6 is 31.9 Å². The SMILES string of the molecule is CCCCC(CC)Cc1cc(/C=C/c2cc(OC)c(/C=C/c3cc(CC(CC)CCCC)c(/C=C/c4ccc(Br)cc4)cc3OC)cc2CC(CC)CCCC)c(OC)cc1/C=C/c1ccc(Br)cc1. The summed E-state index contributed by atoms with van der Waals surface area (Å²) < 4.78 is 20.7. The van der Waals surface area contributed by atoms with Crippen molar-refractivity contribution in [3.8, 4) is 17.2 Å². The van der Waals surface area contributed by atoms with Gasteiger partial charge in [-0.25, -0.2) is 0 Å². The van der Waals surface area contributed by atoms with Crippen molar-refractivity contribution in [1.29, 1.82) is 0 Å². The van der Waals surface area contributed by atoms with E-state index in [1.165, 1.54) is 102 Å². The first-order chi connectivity index (χ1) is 34.1. The first-order valence-electron chi connectivity index (χ1n) is 26.4. The lowest BCUT2D eigenvalue weighted by molar-refractivity contribution is 0.412. The Bertz CT molecular complexity index is 2470. The van der Waals surface area contributed by atoms with E-state index < -0.39 is 0 Å². The fourth-order valence-corrected chi connectivity index (χ4v) is 10.1. The molecule has 5 aromatic rings. The number of rotatable bonds is 29. The smallest absolute Gasteiger partial charge is 0.126 e. The zero-order valence-electron chi connectivity index (χ0n) is 44.0. The number of ether oxygens (including phenoxy) is 3. The van der Waals surface area contributed by atoms with E-state index in [4.69, 9.17) is 14.2 Å². The molecule has 0 fully saturated rings. The molecule has 0 aliphatic carbocycles. The summed E-state index contributed by atoms with van der Waals surface area (Å²) in [6, 6.07) is 30.8. The summed E-state index contributed by atoms with van der Waals surface area (Å²) in [6.07, 6.45) is 35.6. The van der Waals surface area contributed by atoms with Crippen molar-refractivity contribution in [2.24, 2.45) is 17.8 Å². The molecule has 0 heterocycles. The Balaban J connectivity index is 1.60. The molecule has 0 aliphatic heterocycles. The minimum Gasteiger partial charge on any atom is -0.496 e. The second-order valence-corrected chi connectivity index (χ2v) is 21.0. The van der Waals surface area contributed by atoms with Crippen molar-refractivity contribution in [2.45, 2.75) is 138 Å². The molecule has 0 N–H and O–H groups in total. The molecular weight excluding hydrogens is 989 g/mol. The number of halogens is 2. The van der Waals surface area contributed by atoms with E-state index >= 15 is 0 Å². The number of hydrogen-bond donors (Lipinski definition) is 0. The number of hydrogen-bond acceptors (Lipinski definition) is 3. The van der Waals surface area contributed by atoms with Gasteiger partial charge in [0.2, 0.25) is 0 Å². The Morgan fingerprint density at radius 3 is 0.900 bits per heavy atom. The summed E-state index contributed by atoms with van der Waals surface area (Å²) in [5, 5.41) is 0. The molecular formula is C65H82Br2O3. The first-order valence-corrected chi connectivity index (χ1v) is 28.0. The fraction of sp³-hybridized carbons (Fsp3) is 0.415. The van der Waals surface area contributed by atoms with Gasteiger partial charge >= 0.3 is 0 Å². The summed E-state index contributed by atoms with van der Waals surface area (Å²) in [7, 11) is 5.37. The number of methoxy groups -OCH3 is 3. The molecule has 0 spiro atoms. The molecule has 5 heteroatoms. The largest absolute Gasteiger partial charge is 0.496 e. The third-order valence-electron chi connectivity index (χ3n) is 14.2. The van der Waals surface area contributed by atoms with E-state index in [-0.39, 0.29) is 0 Å². The minimum absolute atomic E-state index is 0.587. The number of unbranched alkanes of at least 4 members (excludes halogenated alkanes) is 3. The van der Waals surface area contributed by atoms with Crippen LogP contribution in [0.25, 0.3) is 48.6 Å². The third-order valence-corrected chi connectivity index (χ3v) is 15.2. The highest BCUT2D eigenvalue weighted by Gasteiger charge is 2.18. The highest BCUT2D eigenvalue weighted by Crippen LogP contribution is 2.36. The molecule has 0 radical (unpaired) electrons. The lowest BCUT2D eigenvalue weighted by Gasteiger charge is -2.19. The van der Waals surface area contributed by atoms with E-state index in [0.717, 1.165) is 81.4 Å². The molecule has 0 amide bonds. The van der Waals surface area contributed by atoms with Crippen LogP contribution in [0.2, 0.25) is 0 Å². The van der Waals surface area contributed by atoms with Gasteiger partial charge in [0.15, 0.2) is 0 Å². The van der Waals surface area contributed by atoms with Crippen LogP contribution in [0, 0.1) is 17.8 Å². The van der Waals surface area contributed by atoms with Crippen LogP contribution in [0.5, 0.6) is 17.2 Å².